The number of sulfonamides is 1. The average molecular weight is 442 g/mol. The smallest absolute Gasteiger partial charge is 0.334 e. The molecule has 10 heteroatoms. The molecule has 1 aliphatic carbocycles. The summed E-state index contributed by atoms with van der Waals surface area (Å²) in [5.74, 6) is -1.06. The molecule has 8 nitrogen and oxygen atoms in total. The van der Waals surface area contributed by atoms with E-state index in [0.29, 0.717) is 10.8 Å². The van der Waals surface area contributed by atoms with Crippen molar-refractivity contribution in [2.45, 2.75) is 24.3 Å². The maximum absolute atomic E-state index is 13.6. The number of pyridine rings is 1. The molecule has 0 spiro atoms. The number of rotatable bonds is 3. The van der Waals surface area contributed by atoms with Gasteiger partial charge in [-0.15, -0.1) is 0 Å². The van der Waals surface area contributed by atoms with Crippen LogP contribution in [0.4, 0.5) is 14.9 Å². The van der Waals surface area contributed by atoms with Crippen molar-refractivity contribution in [2.75, 3.05) is 18.4 Å². The first-order valence-electron chi connectivity index (χ1n) is 9.81. The molecule has 0 saturated carbocycles. The number of amides is 3. The molecule has 2 aromatic rings. The predicted octanol–water partition coefficient (Wildman–Crippen LogP) is 2.38. The highest BCUT2D eigenvalue weighted by atomic mass is 32.2. The van der Waals surface area contributed by atoms with Crippen molar-refractivity contribution in [3.8, 4) is 0 Å². The Labute approximate surface area is 178 Å². The zero-order valence-electron chi connectivity index (χ0n) is 16.6. The number of carbonyl (C=O) groups excluding carboxylic acids is 2. The molecule has 1 fully saturated rings. The summed E-state index contributed by atoms with van der Waals surface area (Å²) in [7, 11) is -4.34. The molecule has 2 atom stereocenters. The quantitative estimate of drug-likeness (QED) is 0.787. The molecule has 1 aromatic heterocycles. The van der Waals surface area contributed by atoms with Crippen molar-refractivity contribution in [2.24, 2.45) is 5.92 Å². The summed E-state index contributed by atoms with van der Waals surface area (Å²) in [5, 5.41) is 2.41. The van der Waals surface area contributed by atoms with Crippen molar-refractivity contribution in [3.63, 3.8) is 0 Å². The van der Waals surface area contributed by atoms with Crippen molar-refractivity contribution < 1.29 is 22.4 Å². The Morgan fingerprint density at radius 1 is 1.29 bits per heavy atom. The Balaban J connectivity index is 1.36. The molecule has 1 N–H and O–H groups in total. The molecule has 3 heterocycles. The minimum atomic E-state index is -4.34. The maximum atomic E-state index is 13.6. The Morgan fingerprint density at radius 3 is 2.81 bits per heavy atom. The fraction of sp³-hybridized carbons (Fsp3) is 0.286. The van der Waals surface area contributed by atoms with Crippen LogP contribution in [0.3, 0.4) is 0 Å². The van der Waals surface area contributed by atoms with Gasteiger partial charge in [0.05, 0.1) is 11.7 Å². The number of nitrogens with one attached hydrogen (secondary N) is 1. The number of hydrogen-bond acceptors (Lipinski definition) is 5. The van der Waals surface area contributed by atoms with E-state index in [1.807, 2.05) is 25.1 Å². The Kier molecular flexibility index (Phi) is 4.37. The topological polar surface area (TPSA) is 99.7 Å². The summed E-state index contributed by atoms with van der Waals surface area (Å²) in [6.45, 7) is 1.74. The molecule has 160 valence electrons. The molecule has 2 aliphatic heterocycles. The number of hydrogen-bond donors (Lipinski definition) is 1. The van der Waals surface area contributed by atoms with E-state index in [1.165, 1.54) is 6.07 Å². The van der Waals surface area contributed by atoms with Crippen LogP contribution in [0, 0.1) is 18.7 Å². The van der Waals surface area contributed by atoms with Gasteiger partial charge in [0.15, 0.2) is 0 Å². The highest BCUT2D eigenvalue weighted by molar-refractivity contribution is 7.90. The third kappa shape index (κ3) is 3.18. The summed E-state index contributed by atoms with van der Waals surface area (Å²) in [6, 6.07) is 5.94. The van der Waals surface area contributed by atoms with E-state index in [4.69, 9.17) is 0 Å². The lowest BCUT2D eigenvalue weighted by atomic mass is 9.95. The highest BCUT2D eigenvalue weighted by Crippen LogP contribution is 2.42. The van der Waals surface area contributed by atoms with Gasteiger partial charge in [0.25, 0.3) is 10.0 Å². The summed E-state index contributed by atoms with van der Waals surface area (Å²) >= 11 is 0. The Morgan fingerprint density at radius 2 is 2.10 bits per heavy atom. The van der Waals surface area contributed by atoms with Crippen LogP contribution in [0.5, 0.6) is 0 Å². The molecular formula is C21H19FN4O4S. The Hall–Kier alpha value is -3.27. The number of fused-ring (bicyclic) bond motifs is 3. The van der Waals surface area contributed by atoms with Crippen LogP contribution < -0.4 is 5.32 Å². The fourth-order valence-electron chi connectivity index (χ4n) is 4.53. The normalized spacial score (nSPS) is 23.4. The molecule has 2 bridgehead atoms. The summed E-state index contributed by atoms with van der Waals surface area (Å²) in [5.41, 5.74) is 3.14. The Bertz CT molecular complexity index is 1260. The van der Waals surface area contributed by atoms with Gasteiger partial charge in [-0.2, -0.15) is 0 Å². The minimum Gasteiger partial charge on any atom is -0.334 e. The largest absolute Gasteiger partial charge is 0.336 e. The SMILES string of the molecule is Cc1cc(C2=C[C@H]3C[C@@H]2CN3C(=O)CN2C(=O)Nc3ccc(F)cc3S2(=O)=O)ccn1. The van der Waals surface area contributed by atoms with Crippen LogP contribution >= 0.6 is 0 Å². The lowest BCUT2D eigenvalue weighted by Crippen LogP contribution is -2.50. The van der Waals surface area contributed by atoms with Gasteiger partial charge in [-0.1, -0.05) is 6.08 Å². The van der Waals surface area contributed by atoms with E-state index in [1.54, 1.807) is 11.1 Å². The van der Waals surface area contributed by atoms with Gasteiger partial charge in [-0.25, -0.2) is 21.9 Å². The van der Waals surface area contributed by atoms with E-state index in [-0.39, 0.29) is 22.5 Å². The second-order valence-corrected chi connectivity index (χ2v) is 9.77. The summed E-state index contributed by atoms with van der Waals surface area (Å²) in [4.78, 5) is 30.8. The number of anilines is 1. The van der Waals surface area contributed by atoms with E-state index < -0.39 is 34.3 Å². The van der Waals surface area contributed by atoms with Gasteiger partial charge in [-0.3, -0.25) is 9.78 Å². The van der Waals surface area contributed by atoms with Crippen molar-refractivity contribution in [1.29, 1.82) is 0 Å². The third-order valence-corrected chi connectivity index (χ3v) is 7.73. The summed E-state index contributed by atoms with van der Waals surface area (Å²) in [6.07, 6.45) is 4.53. The van der Waals surface area contributed by atoms with Gasteiger partial charge in [-0.05, 0) is 54.8 Å². The fourth-order valence-corrected chi connectivity index (χ4v) is 5.97. The van der Waals surface area contributed by atoms with E-state index >= 15 is 0 Å². The van der Waals surface area contributed by atoms with Crippen LogP contribution in [-0.2, 0) is 14.8 Å². The third-order valence-electron chi connectivity index (χ3n) is 5.96. The number of likely N-dealkylation sites (tertiary alicyclic amines) is 1. The van der Waals surface area contributed by atoms with Crippen LogP contribution in [0.1, 0.15) is 17.7 Å². The monoisotopic (exact) mass is 442 g/mol. The molecule has 5 rings (SSSR count). The van der Waals surface area contributed by atoms with E-state index in [0.717, 1.165) is 35.4 Å². The molecule has 3 aliphatic rings. The first-order valence-corrected chi connectivity index (χ1v) is 11.3. The highest BCUT2D eigenvalue weighted by Gasteiger charge is 2.44. The molecule has 3 amide bonds. The van der Waals surface area contributed by atoms with Gasteiger partial charge >= 0.3 is 6.03 Å². The second-order valence-electron chi connectivity index (χ2n) is 7.94. The van der Waals surface area contributed by atoms with Crippen molar-refractivity contribution in [1.82, 2.24) is 14.2 Å². The van der Waals surface area contributed by atoms with Crippen molar-refractivity contribution in [3.05, 3.63) is 59.7 Å². The van der Waals surface area contributed by atoms with Gasteiger partial charge in [0.1, 0.15) is 17.3 Å². The molecular weight excluding hydrogens is 423 g/mol. The number of urea groups is 1. The number of carbonyl (C=O) groups is 2. The molecule has 1 saturated heterocycles. The lowest BCUT2D eigenvalue weighted by molar-refractivity contribution is -0.131. The van der Waals surface area contributed by atoms with Crippen LogP contribution in [-0.4, -0.2) is 53.7 Å². The molecule has 0 unspecified atom stereocenters. The van der Waals surface area contributed by atoms with Crippen LogP contribution in [0.15, 0.2) is 47.5 Å². The molecule has 31 heavy (non-hydrogen) atoms. The lowest BCUT2D eigenvalue weighted by Gasteiger charge is -2.32. The van der Waals surface area contributed by atoms with E-state index in [9.17, 15) is 22.4 Å². The number of benzene rings is 1. The zero-order valence-corrected chi connectivity index (χ0v) is 17.4. The zero-order chi connectivity index (χ0) is 21.9. The first-order chi connectivity index (χ1) is 14.7. The maximum Gasteiger partial charge on any atom is 0.336 e. The molecule has 1 aromatic carbocycles. The van der Waals surface area contributed by atoms with Gasteiger partial charge < -0.3 is 10.2 Å². The van der Waals surface area contributed by atoms with Crippen LogP contribution in [0.2, 0.25) is 0 Å². The molecule has 0 radical (unpaired) electrons. The number of nitrogens with zero attached hydrogens (tertiary/aromatic N) is 3. The van der Waals surface area contributed by atoms with Crippen LogP contribution in [0.25, 0.3) is 5.57 Å². The standard InChI is InChI=1S/C21H19FN4O4S/c1-12-6-13(4-5-23-12)17-9-16-7-14(17)10-25(16)20(27)11-26-21(28)24-18-3-2-15(22)8-19(18)31(26,29)30/h2-6,8-9,14,16H,7,10-11H2,1H3,(H,24,28)/t14-,16-/m1/s1. The first kappa shape index (κ1) is 19.7. The summed E-state index contributed by atoms with van der Waals surface area (Å²) < 4.78 is 39.8. The van der Waals surface area contributed by atoms with E-state index in [2.05, 4.69) is 10.3 Å². The predicted molar refractivity (Wildman–Crippen MR) is 110 cm³/mol. The van der Waals surface area contributed by atoms with Crippen molar-refractivity contribution >= 4 is 33.2 Å². The second kappa shape index (κ2) is 6.88. The van der Waals surface area contributed by atoms with Gasteiger partial charge in [0.2, 0.25) is 5.91 Å². The van der Waals surface area contributed by atoms with Gasteiger partial charge in [0, 0.05) is 24.4 Å². The minimum absolute atomic E-state index is 0.00412. The number of halogens is 1. The number of aromatic nitrogens is 1. The average Bonchev–Trinajstić information content (AvgIpc) is 3.33. The number of aryl methyl sites for hydroxylation is 1.